The Morgan fingerprint density at radius 3 is 1.84 bits per heavy atom. The van der Waals surface area contributed by atoms with Crippen LogP contribution >= 0.6 is 0 Å². The predicted molar refractivity (Wildman–Crippen MR) is 101 cm³/mol. The lowest BCUT2D eigenvalue weighted by atomic mass is 9.95. The predicted octanol–water partition coefficient (Wildman–Crippen LogP) is 4.01. The van der Waals surface area contributed by atoms with Crippen molar-refractivity contribution in [2.75, 3.05) is 13.2 Å². The molecule has 0 amide bonds. The van der Waals surface area contributed by atoms with Gasteiger partial charge in [0.2, 0.25) is 0 Å². The summed E-state index contributed by atoms with van der Waals surface area (Å²) in [6.07, 6.45) is 3.92. The van der Waals surface area contributed by atoms with Gasteiger partial charge in [0.1, 0.15) is 0 Å². The van der Waals surface area contributed by atoms with E-state index in [1.54, 1.807) is 0 Å². The van der Waals surface area contributed by atoms with Crippen LogP contribution in [0.25, 0.3) is 0 Å². The Morgan fingerprint density at radius 1 is 0.800 bits per heavy atom. The molecule has 0 atom stereocenters. The zero-order valence-corrected chi connectivity index (χ0v) is 14.9. The summed E-state index contributed by atoms with van der Waals surface area (Å²) in [5, 5.41) is 9.61. The van der Waals surface area contributed by atoms with Crippen LogP contribution in [0.2, 0.25) is 0 Å². The molecule has 2 aromatic carbocycles. The van der Waals surface area contributed by atoms with Gasteiger partial charge >= 0.3 is 0 Å². The van der Waals surface area contributed by atoms with E-state index < -0.39 is 0 Å². The van der Waals surface area contributed by atoms with Crippen molar-refractivity contribution in [1.29, 1.82) is 0 Å². The minimum absolute atomic E-state index is 0.118. The van der Waals surface area contributed by atoms with Crippen molar-refractivity contribution in [3.8, 4) is 0 Å². The lowest BCUT2D eigenvalue weighted by Gasteiger charge is -2.27. The molecule has 2 aromatic rings. The summed E-state index contributed by atoms with van der Waals surface area (Å²) in [6, 6.07) is 21.2. The maximum atomic E-state index is 9.61. The third kappa shape index (κ3) is 6.28. The lowest BCUT2D eigenvalue weighted by molar-refractivity contribution is -0.0119. The standard InChI is InChI=1S/C22H29NO2/c24-21-11-13-22(14-12-21)25-16-15-23(17-19-7-3-1-4-8-19)18-20-9-5-2-6-10-20/h1-10,21-22,24H,11-18H2. The van der Waals surface area contributed by atoms with Crippen LogP contribution in [0.5, 0.6) is 0 Å². The Balaban J connectivity index is 1.52. The molecule has 1 N–H and O–H groups in total. The van der Waals surface area contributed by atoms with E-state index in [-0.39, 0.29) is 6.10 Å². The SMILES string of the molecule is OC1CCC(OCCN(Cc2ccccc2)Cc2ccccc2)CC1. The van der Waals surface area contributed by atoms with Crippen LogP contribution in [-0.2, 0) is 17.8 Å². The van der Waals surface area contributed by atoms with Crippen LogP contribution in [0.4, 0.5) is 0 Å². The molecule has 3 rings (SSSR count). The highest BCUT2D eigenvalue weighted by atomic mass is 16.5. The average molecular weight is 339 g/mol. The smallest absolute Gasteiger partial charge is 0.0597 e. The zero-order valence-electron chi connectivity index (χ0n) is 14.9. The molecule has 1 aliphatic carbocycles. The number of rotatable bonds is 8. The van der Waals surface area contributed by atoms with Crippen LogP contribution in [0.1, 0.15) is 36.8 Å². The molecule has 0 radical (unpaired) electrons. The molecular weight excluding hydrogens is 310 g/mol. The van der Waals surface area contributed by atoms with Crippen LogP contribution in [0.3, 0.4) is 0 Å². The van der Waals surface area contributed by atoms with E-state index in [4.69, 9.17) is 4.74 Å². The molecule has 0 aromatic heterocycles. The topological polar surface area (TPSA) is 32.7 Å². The van der Waals surface area contributed by atoms with E-state index in [0.29, 0.717) is 6.10 Å². The van der Waals surface area contributed by atoms with Crippen molar-refractivity contribution in [2.45, 2.75) is 51.0 Å². The largest absolute Gasteiger partial charge is 0.393 e. The van der Waals surface area contributed by atoms with Crippen molar-refractivity contribution in [3.63, 3.8) is 0 Å². The van der Waals surface area contributed by atoms with Crippen LogP contribution in [0.15, 0.2) is 60.7 Å². The summed E-state index contributed by atoms with van der Waals surface area (Å²) < 4.78 is 6.08. The number of nitrogens with zero attached hydrogens (tertiary/aromatic N) is 1. The molecule has 1 aliphatic rings. The first-order valence-electron chi connectivity index (χ1n) is 9.39. The van der Waals surface area contributed by atoms with Crippen molar-refractivity contribution >= 4 is 0 Å². The van der Waals surface area contributed by atoms with Gasteiger partial charge in [-0.2, -0.15) is 0 Å². The summed E-state index contributed by atoms with van der Waals surface area (Å²) in [5.74, 6) is 0. The van der Waals surface area contributed by atoms with Crippen molar-refractivity contribution in [2.24, 2.45) is 0 Å². The highest BCUT2D eigenvalue weighted by Crippen LogP contribution is 2.21. The Hall–Kier alpha value is -1.68. The van der Waals surface area contributed by atoms with E-state index in [0.717, 1.165) is 51.9 Å². The van der Waals surface area contributed by atoms with E-state index in [1.807, 2.05) is 0 Å². The summed E-state index contributed by atoms with van der Waals surface area (Å²) in [5.41, 5.74) is 2.67. The highest BCUT2D eigenvalue weighted by molar-refractivity contribution is 5.17. The van der Waals surface area contributed by atoms with Crippen molar-refractivity contribution in [1.82, 2.24) is 4.90 Å². The van der Waals surface area contributed by atoms with E-state index in [9.17, 15) is 5.11 Å². The van der Waals surface area contributed by atoms with Crippen molar-refractivity contribution < 1.29 is 9.84 Å². The van der Waals surface area contributed by atoms with Gasteiger partial charge in [0.05, 0.1) is 18.8 Å². The van der Waals surface area contributed by atoms with Crippen LogP contribution in [-0.4, -0.2) is 35.4 Å². The Labute approximate surface area is 151 Å². The summed E-state index contributed by atoms with van der Waals surface area (Å²) in [4.78, 5) is 2.45. The van der Waals surface area contributed by atoms with Gasteiger partial charge < -0.3 is 9.84 Å². The minimum atomic E-state index is -0.118. The normalized spacial score (nSPS) is 20.7. The molecule has 1 fully saturated rings. The van der Waals surface area contributed by atoms with E-state index in [1.165, 1.54) is 11.1 Å². The third-order valence-corrected chi connectivity index (χ3v) is 4.90. The second kappa shape index (κ2) is 9.71. The monoisotopic (exact) mass is 339 g/mol. The molecule has 0 aliphatic heterocycles. The average Bonchev–Trinajstić information content (AvgIpc) is 2.65. The molecule has 134 valence electrons. The van der Waals surface area contributed by atoms with Gasteiger partial charge in [-0.3, -0.25) is 4.90 Å². The quantitative estimate of drug-likeness (QED) is 0.789. The van der Waals surface area contributed by atoms with Gasteiger partial charge in [-0.05, 0) is 36.8 Å². The summed E-state index contributed by atoms with van der Waals surface area (Å²) in [7, 11) is 0. The van der Waals surface area contributed by atoms with Crippen molar-refractivity contribution in [3.05, 3.63) is 71.8 Å². The first-order chi connectivity index (χ1) is 12.3. The van der Waals surface area contributed by atoms with E-state index >= 15 is 0 Å². The maximum absolute atomic E-state index is 9.61. The van der Waals surface area contributed by atoms with E-state index in [2.05, 4.69) is 65.6 Å². The number of hydrogen-bond acceptors (Lipinski definition) is 3. The number of hydrogen-bond donors (Lipinski definition) is 1. The molecule has 0 unspecified atom stereocenters. The van der Waals surface area contributed by atoms with Gasteiger partial charge in [-0.1, -0.05) is 60.7 Å². The van der Waals surface area contributed by atoms with Gasteiger partial charge in [-0.25, -0.2) is 0 Å². The lowest BCUT2D eigenvalue weighted by Crippen LogP contribution is -2.30. The Morgan fingerprint density at radius 2 is 1.32 bits per heavy atom. The first-order valence-corrected chi connectivity index (χ1v) is 9.39. The Kier molecular flexibility index (Phi) is 7.04. The molecule has 25 heavy (non-hydrogen) atoms. The second-order valence-corrected chi connectivity index (χ2v) is 6.98. The molecule has 3 heteroatoms. The minimum Gasteiger partial charge on any atom is -0.393 e. The molecule has 0 saturated heterocycles. The highest BCUT2D eigenvalue weighted by Gasteiger charge is 2.19. The molecule has 3 nitrogen and oxygen atoms in total. The zero-order chi connectivity index (χ0) is 17.3. The Bertz CT molecular complexity index is 552. The second-order valence-electron chi connectivity index (χ2n) is 6.98. The number of aliphatic hydroxyl groups excluding tert-OH is 1. The maximum Gasteiger partial charge on any atom is 0.0597 e. The fraction of sp³-hybridized carbons (Fsp3) is 0.455. The first kappa shape index (κ1) is 18.1. The number of benzene rings is 2. The molecule has 0 heterocycles. The number of ether oxygens (including phenoxy) is 1. The fourth-order valence-corrected chi connectivity index (χ4v) is 3.46. The van der Waals surface area contributed by atoms with Gasteiger partial charge in [0, 0.05) is 19.6 Å². The number of aliphatic hydroxyl groups is 1. The molecule has 1 saturated carbocycles. The molecule has 0 bridgehead atoms. The third-order valence-electron chi connectivity index (χ3n) is 4.90. The van der Waals surface area contributed by atoms with Gasteiger partial charge in [0.15, 0.2) is 0 Å². The summed E-state index contributed by atoms with van der Waals surface area (Å²) in [6.45, 7) is 3.54. The fourth-order valence-electron chi connectivity index (χ4n) is 3.46. The summed E-state index contributed by atoms with van der Waals surface area (Å²) >= 11 is 0. The van der Waals surface area contributed by atoms with Crippen LogP contribution in [0, 0.1) is 0 Å². The van der Waals surface area contributed by atoms with Crippen LogP contribution < -0.4 is 0 Å². The molecular formula is C22H29NO2. The van der Waals surface area contributed by atoms with Gasteiger partial charge in [-0.15, -0.1) is 0 Å². The van der Waals surface area contributed by atoms with Gasteiger partial charge in [0.25, 0.3) is 0 Å². The molecule has 0 spiro atoms.